The molecule has 4 unspecified atom stereocenters. The lowest BCUT2D eigenvalue weighted by Crippen LogP contribution is -2.65. The highest BCUT2D eigenvalue weighted by atomic mass is 16.6. The highest BCUT2D eigenvalue weighted by Crippen LogP contribution is 2.34. The van der Waals surface area contributed by atoms with Crippen LogP contribution in [-0.4, -0.2) is 74.7 Å². The monoisotopic (exact) mass is 349 g/mol. The second kappa shape index (κ2) is 7.32. The van der Waals surface area contributed by atoms with E-state index < -0.39 is 60.0 Å². The SMILES string of the molecule is CC(C)(CC(C)(C)C(=O)NC1C(O)C(O)C(CO)O[C@H]1O)C(=O)O. The van der Waals surface area contributed by atoms with Crippen LogP contribution in [0.3, 0.4) is 0 Å². The Balaban J connectivity index is 2.84. The number of aliphatic carboxylic acids is 1. The molecule has 0 aromatic rings. The molecule has 5 atom stereocenters. The fourth-order valence-electron chi connectivity index (χ4n) is 2.86. The van der Waals surface area contributed by atoms with E-state index in [1.807, 2.05) is 0 Å². The normalized spacial score (nSPS) is 31.6. The van der Waals surface area contributed by atoms with Crippen molar-refractivity contribution in [3.05, 3.63) is 0 Å². The zero-order valence-corrected chi connectivity index (χ0v) is 14.3. The number of rotatable bonds is 6. The first kappa shape index (κ1) is 20.8. The maximum absolute atomic E-state index is 12.5. The average Bonchev–Trinajstić information content (AvgIpc) is 2.45. The summed E-state index contributed by atoms with van der Waals surface area (Å²) in [5.41, 5.74) is -2.26. The van der Waals surface area contributed by atoms with E-state index in [1.165, 1.54) is 13.8 Å². The van der Waals surface area contributed by atoms with Gasteiger partial charge in [-0.25, -0.2) is 0 Å². The van der Waals surface area contributed by atoms with Crippen LogP contribution in [0.5, 0.6) is 0 Å². The van der Waals surface area contributed by atoms with Gasteiger partial charge in [-0.1, -0.05) is 13.8 Å². The number of carboxylic acids is 1. The number of aliphatic hydroxyl groups is 4. The van der Waals surface area contributed by atoms with E-state index in [-0.39, 0.29) is 6.42 Å². The van der Waals surface area contributed by atoms with Crippen molar-refractivity contribution in [3.8, 4) is 0 Å². The summed E-state index contributed by atoms with van der Waals surface area (Å²) < 4.78 is 4.97. The van der Waals surface area contributed by atoms with Crippen LogP contribution in [0.2, 0.25) is 0 Å². The summed E-state index contributed by atoms with van der Waals surface area (Å²) >= 11 is 0. The molecule has 0 aromatic carbocycles. The Morgan fingerprint density at radius 3 is 2.04 bits per heavy atom. The first-order chi connectivity index (χ1) is 10.8. The predicted octanol–water partition coefficient (Wildman–Crippen LogP) is -1.57. The second-order valence-corrected chi connectivity index (χ2v) is 7.48. The summed E-state index contributed by atoms with van der Waals surface area (Å²) in [6.45, 7) is 5.47. The molecule has 0 aliphatic carbocycles. The van der Waals surface area contributed by atoms with Crippen LogP contribution in [0, 0.1) is 10.8 Å². The standard InChI is InChI=1S/C15H27NO8/c1-14(2,6-15(3,4)13(22)23)12(21)16-8-10(19)9(18)7(5-17)24-11(8)20/h7-11,17-20H,5-6H2,1-4H3,(H,16,21)(H,22,23)/t7?,8?,9?,10?,11-/m1/s1. The number of carboxylic acid groups (broad SMARTS) is 1. The van der Waals surface area contributed by atoms with Crippen LogP contribution in [0.4, 0.5) is 0 Å². The Hall–Kier alpha value is -1.26. The minimum absolute atomic E-state index is 0.0166. The van der Waals surface area contributed by atoms with Crippen LogP contribution in [0.1, 0.15) is 34.1 Å². The summed E-state index contributed by atoms with van der Waals surface area (Å²) in [6, 6.07) is -1.30. The van der Waals surface area contributed by atoms with Gasteiger partial charge in [0.2, 0.25) is 5.91 Å². The number of hydrogen-bond donors (Lipinski definition) is 6. The van der Waals surface area contributed by atoms with Crippen molar-refractivity contribution in [3.63, 3.8) is 0 Å². The fourth-order valence-corrected chi connectivity index (χ4v) is 2.86. The number of amides is 1. The number of hydrogen-bond acceptors (Lipinski definition) is 7. The molecule has 1 heterocycles. The van der Waals surface area contributed by atoms with Crippen molar-refractivity contribution in [2.24, 2.45) is 10.8 Å². The molecule has 1 amide bonds. The number of carbonyl (C=O) groups is 2. The van der Waals surface area contributed by atoms with E-state index in [0.717, 1.165) is 0 Å². The van der Waals surface area contributed by atoms with Gasteiger partial charge in [0, 0.05) is 5.41 Å². The quantitative estimate of drug-likeness (QED) is 0.336. The van der Waals surface area contributed by atoms with Gasteiger partial charge in [0.05, 0.1) is 12.0 Å². The molecule has 1 saturated heterocycles. The van der Waals surface area contributed by atoms with Crippen molar-refractivity contribution < 1.29 is 39.9 Å². The highest BCUT2D eigenvalue weighted by Gasteiger charge is 2.46. The van der Waals surface area contributed by atoms with E-state index in [1.54, 1.807) is 13.8 Å². The van der Waals surface area contributed by atoms with Crippen molar-refractivity contribution in [2.45, 2.75) is 64.8 Å². The molecule has 1 aliphatic heterocycles. The van der Waals surface area contributed by atoms with Gasteiger partial charge in [0.25, 0.3) is 0 Å². The van der Waals surface area contributed by atoms with Gasteiger partial charge >= 0.3 is 5.97 Å². The number of ether oxygens (including phenoxy) is 1. The van der Waals surface area contributed by atoms with Crippen molar-refractivity contribution in [1.29, 1.82) is 0 Å². The summed E-state index contributed by atoms with van der Waals surface area (Å²) in [7, 11) is 0. The zero-order valence-electron chi connectivity index (χ0n) is 14.3. The smallest absolute Gasteiger partial charge is 0.309 e. The summed E-state index contributed by atoms with van der Waals surface area (Å²) in [5, 5.41) is 50.4. The van der Waals surface area contributed by atoms with E-state index >= 15 is 0 Å². The zero-order chi connectivity index (χ0) is 18.9. The molecule has 0 spiro atoms. The second-order valence-electron chi connectivity index (χ2n) is 7.48. The summed E-state index contributed by atoms with van der Waals surface area (Å²) in [5.74, 6) is -1.65. The van der Waals surface area contributed by atoms with Crippen LogP contribution in [0.15, 0.2) is 0 Å². The van der Waals surface area contributed by atoms with Gasteiger partial charge < -0.3 is 35.6 Å². The minimum Gasteiger partial charge on any atom is -0.481 e. The van der Waals surface area contributed by atoms with Crippen LogP contribution in [-0.2, 0) is 14.3 Å². The topological polar surface area (TPSA) is 157 Å². The first-order valence-electron chi connectivity index (χ1n) is 7.68. The Morgan fingerprint density at radius 2 is 1.58 bits per heavy atom. The molecular weight excluding hydrogens is 322 g/mol. The van der Waals surface area contributed by atoms with Crippen molar-refractivity contribution in [1.82, 2.24) is 5.32 Å². The molecule has 1 aliphatic rings. The number of carbonyl (C=O) groups excluding carboxylic acids is 1. The van der Waals surface area contributed by atoms with E-state index in [4.69, 9.17) is 9.84 Å². The maximum Gasteiger partial charge on any atom is 0.309 e. The molecule has 0 radical (unpaired) electrons. The molecule has 1 fully saturated rings. The predicted molar refractivity (Wildman–Crippen MR) is 81.7 cm³/mol. The molecule has 1 rings (SSSR count). The highest BCUT2D eigenvalue weighted by molar-refractivity contribution is 5.83. The van der Waals surface area contributed by atoms with Gasteiger partial charge in [-0.3, -0.25) is 9.59 Å². The van der Waals surface area contributed by atoms with E-state index in [0.29, 0.717) is 0 Å². The Morgan fingerprint density at radius 1 is 1.04 bits per heavy atom. The third-order valence-corrected chi connectivity index (χ3v) is 4.28. The Bertz CT molecular complexity index is 478. The largest absolute Gasteiger partial charge is 0.481 e. The third-order valence-electron chi connectivity index (χ3n) is 4.28. The molecule has 9 nitrogen and oxygen atoms in total. The van der Waals surface area contributed by atoms with E-state index in [9.17, 15) is 30.0 Å². The average molecular weight is 349 g/mol. The maximum atomic E-state index is 12.5. The van der Waals surface area contributed by atoms with Crippen LogP contribution in [0.25, 0.3) is 0 Å². The van der Waals surface area contributed by atoms with Crippen LogP contribution >= 0.6 is 0 Å². The van der Waals surface area contributed by atoms with Gasteiger partial charge in [-0.15, -0.1) is 0 Å². The minimum atomic E-state index is -1.62. The summed E-state index contributed by atoms with van der Waals surface area (Å²) in [6.07, 6.45) is -5.79. The fraction of sp³-hybridized carbons (Fsp3) is 0.867. The van der Waals surface area contributed by atoms with Gasteiger partial charge in [0.15, 0.2) is 6.29 Å². The van der Waals surface area contributed by atoms with E-state index in [2.05, 4.69) is 5.32 Å². The lowest BCUT2D eigenvalue weighted by atomic mass is 9.74. The molecule has 24 heavy (non-hydrogen) atoms. The Kier molecular flexibility index (Phi) is 6.34. The molecule has 0 bridgehead atoms. The molecule has 140 valence electrons. The molecule has 6 N–H and O–H groups in total. The number of aliphatic hydroxyl groups excluding tert-OH is 4. The molecule has 9 heteroatoms. The van der Waals surface area contributed by atoms with Gasteiger partial charge in [0.1, 0.15) is 24.4 Å². The Labute approximate surface area is 140 Å². The van der Waals surface area contributed by atoms with Gasteiger partial charge in [-0.2, -0.15) is 0 Å². The first-order valence-corrected chi connectivity index (χ1v) is 7.68. The summed E-state index contributed by atoms with van der Waals surface area (Å²) in [4.78, 5) is 23.7. The lowest BCUT2D eigenvalue weighted by molar-refractivity contribution is -0.254. The lowest BCUT2D eigenvalue weighted by Gasteiger charge is -2.41. The third kappa shape index (κ3) is 4.42. The van der Waals surface area contributed by atoms with Crippen molar-refractivity contribution in [2.75, 3.05) is 6.61 Å². The van der Waals surface area contributed by atoms with Gasteiger partial charge in [-0.05, 0) is 20.3 Å². The van der Waals surface area contributed by atoms with Crippen LogP contribution < -0.4 is 5.32 Å². The van der Waals surface area contributed by atoms with Crippen molar-refractivity contribution >= 4 is 11.9 Å². The molecule has 0 saturated carbocycles. The molecular formula is C15H27NO8. The number of nitrogens with one attached hydrogen (secondary N) is 1. The molecule has 0 aromatic heterocycles.